The van der Waals surface area contributed by atoms with Crippen LogP contribution in [0.2, 0.25) is 0 Å². The number of guanidine groups is 2. The summed E-state index contributed by atoms with van der Waals surface area (Å²) in [5.41, 5.74) is 31.7. The highest BCUT2D eigenvalue weighted by Gasteiger charge is 2.27. The molecule has 0 aliphatic carbocycles. The van der Waals surface area contributed by atoms with Gasteiger partial charge in [-0.05, 0) is 32.1 Å². The summed E-state index contributed by atoms with van der Waals surface area (Å²) in [6, 6.07) is -3.40. The molecule has 0 heterocycles. The molecule has 0 aromatic heterocycles. The summed E-state index contributed by atoms with van der Waals surface area (Å²) in [4.78, 5) is 54.9. The number of aliphatic imine (C=N–C) groups is 2. The summed E-state index contributed by atoms with van der Waals surface area (Å²) in [5.74, 6) is -3.55. The Bertz CT molecular complexity index is 704. The number of carbonyl (C=O) groups is 4. The summed E-state index contributed by atoms with van der Waals surface area (Å²) < 4.78 is 0. The van der Waals surface area contributed by atoms with E-state index in [-0.39, 0.29) is 50.7 Å². The number of hydrogen-bond donors (Lipinski definition) is 9. The molecule has 0 radical (unpaired) electrons. The lowest BCUT2D eigenvalue weighted by molar-refractivity contribution is -0.142. The molecule has 32 heavy (non-hydrogen) atoms. The molecule has 15 heteroatoms. The molecule has 3 atom stereocenters. The molecule has 3 amide bonds. The molecule has 0 spiro atoms. The summed E-state index contributed by atoms with van der Waals surface area (Å²) in [6.45, 7) is 0.381. The van der Waals surface area contributed by atoms with Gasteiger partial charge in [0.05, 0.1) is 6.04 Å². The molecule has 0 fully saturated rings. The van der Waals surface area contributed by atoms with Gasteiger partial charge < -0.3 is 50.1 Å². The zero-order valence-corrected chi connectivity index (χ0v) is 17.8. The monoisotopic (exact) mass is 458 g/mol. The van der Waals surface area contributed by atoms with Gasteiger partial charge >= 0.3 is 5.97 Å². The first-order chi connectivity index (χ1) is 14.9. The third kappa shape index (κ3) is 13.6. The zero-order valence-electron chi connectivity index (χ0n) is 17.8. The van der Waals surface area contributed by atoms with E-state index in [1.54, 1.807) is 0 Å². The fraction of sp³-hybridized carbons (Fsp3) is 0.647. The van der Waals surface area contributed by atoms with Crippen LogP contribution in [0.3, 0.4) is 0 Å². The molecule has 0 aromatic rings. The zero-order chi connectivity index (χ0) is 24.7. The summed E-state index contributed by atoms with van der Waals surface area (Å²) in [6.07, 6.45) is 0.671. The number of carboxylic acids is 1. The average Bonchev–Trinajstić information content (AvgIpc) is 2.69. The predicted octanol–water partition coefficient (Wildman–Crippen LogP) is -4.26. The summed E-state index contributed by atoms with van der Waals surface area (Å²) in [5, 5.41) is 14.2. The molecule has 182 valence electrons. The Balaban J connectivity index is 5.13. The third-order valence-electron chi connectivity index (χ3n) is 4.18. The second-order valence-corrected chi connectivity index (χ2v) is 6.97. The van der Waals surface area contributed by atoms with Crippen LogP contribution in [-0.2, 0) is 19.2 Å². The van der Waals surface area contributed by atoms with Crippen molar-refractivity contribution < 1.29 is 24.3 Å². The average molecular weight is 459 g/mol. The molecule has 15 N–H and O–H groups in total. The fourth-order valence-corrected chi connectivity index (χ4v) is 2.51. The lowest BCUT2D eigenvalue weighted by atomic mass is 10.1. The minimum absolute atomic E-state index is 0.00789. The highest BCUT2D eigenvalue weighted by atomic mass is 16.4. The van der Waals surface area contributed by atoms with Crippen molar-refractivity contribution in [3.05, 3.63) is 0 Å². The van der Waals surface area contributed by atoms with Crippen LogP contribution in [0.25, 0.3) is 0 Å². The molecule has 0 rings (SSSR count). The van der Waals surface area contributed by atoms with Crippen LogP contribution in [0.4, 0.5) is 0 Å². The number of rotatable bonds is 16. The van der Waals surface area contributed by atoms with Crippen LogP contribution in [0.15, 0.2) is 9.98 Å². The predicted molar refractivity (Wildman–Crippen MR) is 118 cm³/mol. The first-order valence-corrected chi connectivity index (χ1v) is 9.92. The Morgan fingerprint density at radius 1 is 0.750 bits per heavy atom. The van der Waals surface area contributed by atoms with Crippen LogP contribution in [0.1, 0.15) is 38.5 Å². The van der Waals surface area contributed by atoms with Crippen LogP contribution in [0.5, 0.6) is 0 Å². The molecule has 15 nitrogen and oxygen atoms in total. The van der Waals surface area contributed by atoms with Gasteiger partial charge in [0.15, 0.2) is 11.9 Å². The normalized spacial score (nSPS) is 13.2. The third-order valence-corrected chi connectivity index (χ3v) is 4.18. The van der Waals surface area contributed by atoms with Gasteiger partial charge in [-0.2, -0.15) is 0 Å². The van der Waals surface area contributed by atoms with Crippen LogP contribution in [-0.4, -0.2) is 71.9 Å². The topological polar surface area (TPSA) is 293 Å². The van der Waals surface area contributed by atoms with Gasteiger partial charge in [-0.25, -0.2) is 4.79 Å². The van der Waals surface area contributed by atoms with Gasteiger partial charge in [-0.1, -0.05) is 0 Å². The molecule has 0 aromatic carbocycles. The van der Waals surface area contributed by atoms with Gasteiger partial charge in [-0.15, -0.1) is 0 Å². The van der Waals surface area contributed by atoms with Gasteiger partial charge in [0.2, 0.25) is 17.7 Å². The quantitative estimate of drug-likeness (QED) is 0.0609. The maximum atomic E-state index is 12.7. The van der Waals surface area contributed by atoms with E-state index in [1.807, 2.05) is 0 Å². The number of aliphatic carboxylic acids is 1. The first kappa shape index (κ1) is 28.4. The Labute approximate surface area is 185 Å². The number of nitrogens with zero attached hydrogens (tertiary/aromatic N) is 2. The summed E-state index contributed by atoms with van der Waals surface area (Å²) >= 11 is 0. The van der Waals surface area contributed by atoms with E-state index in [4.69, 9.17) is 34.4 Å². The van der Waals surface area contributed by atoms with Gasteiger partial charge in [-0.3, -0.25) is 24.4 Å². The van der Waals surface area contributed by atoms with Gasteiger partial charge in [0.1, 0.15) is 12.1 Å². The molecular weight excluding hydrogens is 424 g/mol. The van der Waals surface area contributed by atoms with Crippen molar-refractivity contribution in [2.24, 2.45) is 44.4 Å². The minimum Gasteiger partial charge on any atom is -0.480 e. The largest absolute Gasteiger partial charge is 0.480 e. The van der Waals surface area contributed by atoms with Crippen molar-refractivity contribution in [2.45, 2.75) is 56.7 Å². The Morgan fingerprint density at radius 2 is 1.22 bits per heavy atom. The van der Waals surface area contributed by atoms with E-state index in [9.17, 15) is 24.3 Å². The van der Waals surface area contributed by atoms with Crippen LogP contribution in [0, 0.1) is 0 Å². The molecule has 0 aliphatic rings. The number of carbonyl (C=O) groups excluding carboxylic acids is 3. The smallest absolute Gasteiger partial charge is 0.326 e. The number of amides is 3. The lowest BCUT2D eigenvalue weighted by Gasteiger charge is -2.22. The van der Waals surface area contributed by atoms with Crippen LogP contribution < -0.4 is 45.0 Å². The standard InChI is InChI=1S/C17H34N10O5/c18-9(5-6-12(19)28)13(29)26-10(3-1-7-24-16(20)21)14(30)27-11(15(31)32)4-2-8-25-17(22)23/h9-11H,1-8,18H2,(H2,19,28)(H,26,29)(H,27,30)(H,31,32)(H4,20,21,24)(H4,22,23,25). The van der Waals surface area contributed by atoms with Crippen molar-refractivity contribution in [1.82, 2.24) is 10.6 Å². The van der Waals surface area contributed by atoms with Crippen molar-refractivity contribution in [2.75, 3.05) is 13.1 Å². The van der Waals surface area contributed by atoms with Crippen molar-refractivity contribution in [3.63, 3.8) is 0 Å². The van der Waals surface area contributed by atoms with Crippen molar-refractivity contribution in [3.8, 4) is 0 Å². The fourth-order valence-electron chi connectivity index (χ4n) is 2.51. The first-order valence-electron chi connectivity index (χ1n) is 9.92. The number of nitrogens with two attached hydrogens (primary N) is 6. The molecule has 0 saturated carbocycles. The highest BCUT2D eigenvalue weighted by Crippen LogP contribution is 2.05. The number of carboxylic acid groups (broad SMARTS) is 1. The number of hydrogen-bond acceptors (Lipinski definition) is 7. The summed E-state index contributed by atoms with van der Waals surface area (Å²) in [7, 11) is 0. The van der Waals surface area contributed by atoms with E-state index in [0.717, 1.165) is 0 Å². The Morgan fingerprint density at radius 3 is 1.66 bits per heavy atom. The minimum atomic E-state index is -1.26. The Hall–Kier alpha value is -3.62. The van der Waals surface area contributed by atoms with E-state index in [1.165, 1.54) is 0 Å². The SMILES string of the molecule is NC(=O)CCC(N)C(=O)NC(CCCN=C(N)N)C(=O)NC(CCCN=C(N)N)C(=O)O. The molecule has 0 saturated heterocycles. The van der Waals surface area contributed by atoms with E-state index in [2.05, 4.69) is 20.6 Å². The molecular formula is C17H34N10O5. The van der Waals surface area contributed by atoms with Gasteiger partial charge in [0.25, 0.3) is 0 Å². The van der Waals surface area contributed by atoms with Crippen molar-refractivity contribution >= 4 is 35.6 Å². The second-order valence-electron chi connectivity index (χ2n) is 6.97. The van der Waals surface area contributed by atoms with Crippen molar-refractivity contribution in [1.29, 1.82) is 0 Å². The Kier molecular flexibility index (Phi) is 13.5. The number of nitrogens with one attached hydrogen (secondary N) is 2. The molecule has 0 aliphatic heterocycles. The number of primary amides is 1. The maximum Gasteiger partial charge on any atom is 0.326 e. The van der Waals surface area contributed by atoms with E-state index < -0.39 is 41.8 Å². The van der Waals surface area contributed by atoms with E-state index in [0.29, 0.717) is 12.8 Å². The highest BCUT2D eigenvalue weighted by molar-refractivity contribution is 5.92. The van der Waals surface area contributed by atoms with Gasteiger partial charge in [0, 0.05) is 19.5 Å². The molecule has 0 bridgehead atoms. The second kappa shape index (κ2) is 15.2. The van der Waals surface area contributed by atoms with Crippen LogP contribution >= 0.6 is 0 Å². The van der Waals surface area contributed by atoms with E-state index >= 15 is 0 Å². The molecule has 3 unspecified atom stereocenters. The lowest BCUT2D eigenvalue weighted by Crippen LogP contribution is -2.54. The maximum absolute atomic E-state index is 12.7.